The van der Waals surface area contributed by atoms with Crippen LogP contribution in [0.15, 0.2) is 18.2 Å². The molecule has 1 unspecified atom stereocenters. The molecule has 1 saturated heterocycles. The van der Waals surface area contributed by atoms with E-state index in [1.54, 1.807) is 0 Å². The smallest absolute Gasteiger partial charge is 0.146 e. The molecule has 2 rings (SSSR count). The zero-order chi connectivity index (χ0) is 12.3. The largest absolute Gasteiger partial charge is 0.366 e. The van der Waals surface area contributed by atoms with Crippen molar-refractivity contribution < 1.29 is 8.78 Å². The van der Waals surface area contributed by atoms with Crippen LogP contribution < -0.4 is 10.2 Å². The second-order valence-electron chi connectivity index (χ2n) is 4.48. The van der Waals surface area contributed by atoms with Gasteiger partial charge in [-0.05, 0) is 18.6 Å². The minimum absolute atomic E-state index is 0.344. The second kappa shape index (κ2) is 5.45. The molecule has 0 spiro atoms. The fourth-order valence-electron chi connectivity index (χ4n) is 2.31. The Kier molecular flexibility index (Phi) is 3.94. The number of hydrogen-bond donors (Lipinski definition) is 1. The van der Waals surface area contributed by atoms with Crippen LogP contribution in [0.5, 0.6) is 0 Å². The molecular formula is C13H18F2N2. The van der Waals surface area contributed by atoms with Crippen molar-refractivity contribution in [3.63, 3.8) is 0 Å². The zero-order valence-electron chi connectivity index (χ0n) is 10.0. The molecule has 94 valence electrons. The minimum Gasteiger partial charge on any atom is -0.366 e. The number of halogens is 2. The van der Waals surface area contributed by atoms with Crippen LogP contribution in [0.25, 0.3) is 0 Å². The summed E-state index contributed by atoms with van der Waals surface area (Å²) in [6.45, 7) is 4.42. The van der Waals surface area contributed by atoms with Gasteiger partial charge in [0.05, 0.1) is 5.69 Å². The molecule has 0 aliphatic carbocycles. The first-order chi connectivity index (χ1) is 8.20. The van der Waals surface area contributed by atoms with Gasteiger partial charge >= 0.3 is 0 Å². The maximum Gasteiger partial charge on any atom is 0.146 e. The first kappa shape index (κ1) is 12.3. The average Bonchev–Trinajstić information content (AvgIpc) is 2.33. The Balaban J connectivity index is 2.13. The lowest BCUT2D eigenvalue weighted by Crippen LogP contribution is -2.50. The number of anilines is 1. The molecule has 2 nitrogen and oxygen atoms in total. The standard InChI is InChI=1S/C13H18F2N2/c1-2-3-11-9-17(7-6-16-11)13-8-10(14)4-5-12(13)15/h4-5,8,11,16H,2-3,6-7,9H2,1H3. The van der Waals surface area contributed by atoms with Crippen molar-refractivity contribution in [3.8, 4) is 0 Å². The maximum atomic E-state index is 13.6. The number of nitrogens with zero attached hydrogens (tertiary/aromatic N) is 1. The highest BCUT2D eigenvalue weighted by molar-refractivity contribution is 5.48. The monoisotopic (exact) mass is 240 g/mol. The van der Waals surface area contributed by atoms with E-state index in [1.165, 1.54) is 12.1 Å². The highest BCUT2D eigenvalue weighted by atomic mass is 19.1. The zero-order valence-corrected chi connectivity index (χ0v) is 10.0. The van der Waals surface area contributed by atoms with Crippen molar-refractivity contribution in [2.45, 2.75) is 25.8 Å². The predicted octanol–water partition coefficient (Wildman–Crippen LogP) is 2.54. The lowest BCUT2D eigenvalue weighted by Gasteiger charge is -2.35. The van der Waals surface area contributed by atoms with E-state index in [2.05, 4.69) is 12.2 Å². The fourth-order valence-corrected chi connectivity index (χ4v) is 2.31. The van der Waals surface area contributed by atoms with Gasteiger partial charge in [-0.2, -0.15) is 0 Å². The Bertz CT molecular complexity index is 380. The van der Waals surface area contributed by atoms with Gasteiger partial charge < -0.3 is 10.2 Å². The number of nitrogens with one attached hydrogen (secondary N) is 1. The Labute approximate surface area is 101 Å². The van der Waals surface area contributed by atoms with Gasteiger partial charge in [-0.1, -0.05) is 13.3 Å². The van der Waals surface area contributed by atoms with E-state index in [4.69, 9.17) is 0 Å². The summed E-state index contributed by atoms with van der Waals surface area (Å²) in [5.41, 5.74) is 0.382. The predicted molar refractivity (Wildman–Crippen MR) is 65.3 cm³/mol. The van der Waals surface area contributed by atoms with Gasteiger partial charge in [-0.3, -0.25) is 0 Å². The lowest BCUT2D eigenvalue weighted by molar-refractivity contribution is 0.427. The summed E-state index contributed by atoms with van der Waals surface area (Å²) in [4.78, 5) is 1.93. The normalized spacial score (nSPS) is 20.6. The van der Waals surface area contributed by atoms with Crippen LogP contribution in [-0.4, -0.2) is 25.7 Å². The molecule has 0 amide bonds. The molecule has 1 fully saturated rings. The Hall–Kier alpha value is -1.16. The highest BCUT2D eigenvalue weighted by Gasteiger charge is 2.21. The summed E-state index contributed by atoms with van der Waals surface area (Å²) >= 11 is 0. The summed E-state index contributed by atoms with van der Waals surface area (Å²) < 4.78 is 26.8. The first-order valence-corrected chi connectivity index (χ1v) is 6.14. The van der Waals surface area contributed by atoms with Crippen molar-refractivity contribution in [3.05, 3.63) is 29.8 Å². The highest BCUT2D eigenvalue weighted by Crippen LogP contribution is 2.22. The molecule has 1 heterocycles. The van der Waals surface area contributed by atoms with Crippen LogP contribution in [0, 0.1) is 11.6 Å². The van der Waals surface area contributed by atoms with Crippen LogP contribution in [0.3, 0.4) is 0 Å². The van der Waals surface area contributed by atoms with E-state index in [-0.39, 0.29) is 11.6 Å². The molecule has 1 N–H and O–H groups in total. The quantitative estimate of drug-likeness (QED) is 0.873. The van der Waals surface area contributed by atoms with Gasteiger partial charge in [-0.25, -0.2) is 8.78 Å². The van der Waals surface area contributed by atoms with Crippen molar-refractivity contribution in [2.24, 2.45) is 0 Å². The van der Waals surface area contributed by atoms with E-state index >= 15 is 0 Å². The molecule has 0 radical (unpaired) electrons. The van der Waals surface area contributed by atoms with E-state index in [9.17, 15) is 8.78 Å². The van der Waals surface area contributed by atoms with Gasteiger partial charge in [0, 0.05) is 31.7 Å². The topological polar surface area (TPSA) is 15.3 Å². The summed E-state index contributed by atoms with van der Waals surface area (Å²) in [7, 11) is 0. The van der Waals surface area contributed by atoms with Gasteiger partial charge in [0.1, 0.15) is 11.6 Å². The number of benzene rings is 1. The van der Waals surface area contributed by atoms with Crippen LogP contribution in [0.2, 0.25) is 0 Å². The van der Waals surface area contributed by atoms with Crippen molar-refractivity contribution in [2.75, 3.05) is 24.5 Å². The average molecular weight is 240 g/mol. The lowest BCUT2D eigenvalue weighted by atomic mass is 10.1. The van der Waals surface area contributed by atoms with Crippen molar-refractivity contribution >= 4 is 5.69 Å². The molecule has 1 aromatic carbocycles. The second-order valence-corrected chi connectivity index (χ2v) is 4.48. The van der Waals surface area contributed by atoms with Crippen LogP contribution in [0.1, 0.15) is 19.8 Å². The SMILES string of the molecule is CCCC1CN(c2cc(F)ccc2F)CCN1. The van der Waals surface area contributed by atoms with Crippen molar-refractivity contribution in [1.29, 1.82) is 0 Å². The summed E-state index contributed by atoms with van der Waals surface area (Å²) in [5, 5.41) is 3.40. The van der Waals surface area contributed by atoms with Gasteiger partial charge in [0.25, 0.3) is 0 Å². The van der Waals surface area contributed by atoms with Crippen LogP contribution >= 0.6 is 0 Å². The first-order valence-electron chi connectivity index (χ1n) is 6.14. The maximum absolute atomic E-state index is 13.6. The van der Waals surface area contributed by atoms with Crippen LogP contribution in [0.4, 0.5) is 14.5 Å². The third-order valence-electron chi connectivity index (χ3n) is 3.14. The van der Waals surface area contributed by atoms with E-state index < -0.39 is 0 Å². The molecule has 0 saturated carbocycles. The minimum atomic E-state index is -0.382. The number of rotatable bonds is 3. The molecule has 0 aromatic heterocycles. The Morgan fingerprint density at radius 3 is 3.00 bits per heavy atom. The summed E-state index contributed by atoms with van der Waals surface area (Å²) in [6, 6.07) is 4.01. The fraction of sp³-hybridized carbons (Fsp3) is 0.538. The number of hydrogen-bond acceptors (Lipinski definition) is 2. The van der Waals surface area contributed by atoms with E-state index in [1.807, 2.05) is 4.90 Å². The molecule has 1 aliphatic rings. The summed E-state index contributed by atoms with van der Waals surface area (Å²) in [6.07, 6.45) is 2.16. The molecule has 1 aliphatic heterocycles. The van der Waals surface area contributed by atoms with Gasteiger partial charge in [0.15, 0.2) is 0 Å². The Morgan fingerprint density at radius 2 is 2.24 bits per heavy atom. The molecule has 1 atom stereocenters. The van der Waals surface area contributed by atoms with Gasteiger partial charge in [-0.15, -0.1) is 0 Å². The molecule has 1 aromatic rings. The van der Waals surface area contributed by atoms with Gasteiger partial charge in [0.2, 0.25) is 0 Å². The molecule has 17 heavy (non-hydrogen) atoms. The Morgan fingerprint density at radius 1 is 1.41 bits per heavy atom. The van der Waals surface area contributed by atoms with Crippen molar-refractivity contribution in [1.82, 2.24) is 5.32 Å². The third kappa shape index (κ3) is 2.94. The molecular weight excluding hydrogens is 222 g/mol. The number of piperazine rings is 1. The van der Waals surface area contributed by atoms with Crippen LogP contribution in [-0.2, 0) is 0 Å². The third-order valence-corrected chi connectivity index (χ3v) is 3.14. The molecule has 4 heteroatoms. The van der Waals surface area contributed by atoms with E-state index in [0.717, 1.165) is 38.5 Å². The van der Waals surface area contributed by atoms with E-state index in [0.29, 0.717) is 11.7 Å². The summed E-state index contributed by atoms with van der Waals surface area (Å²) in [5.74, 6) is -0.726. The molecule has 0 bridgehead atoms.